The third kappa shape index (κ3) is 2.40. The van der Waals surface area contributed by atoms with E-state index in [1.165, 1.54) is 0 Å². The Morgan fingerprint density at radius 1 is 1.17 bits per heavy atom. The number of nitrogens with zero attached hydrogens (tertiary/aromatic N) is 1. The molecule has 2 aromatic rings. The zero-order chi connectivity index (χ0) is 13.0. The maximum atomic E-state index is 10.8. The second kappa shape index (κ2) is 5.45. The summed E-state index contributed by atoms with van der Waals surface area (Å²) in [5.74, 6) is 0. The van der Waals surface area contributed by atoms with Gasteiger partial charge in [0, 0.05) is 17.8 Å². The number of nitrogens with one attached hydrogen (secondary N) is 1. The molecular weight excluding hydrogens is 224 g/mol. The first-order chi connectivity index (χ1) is 8.76. The van der Waals surface area contributed by atoms with Gasteiger partial charge in [0.2, 0.25) is 0 Å². The van der Waals surface area contributed by atoms with E-state index in [0.29, 0.717) is 5.69 Å². The Bertz CT molecular complexity index is 564. The Morgan fingerprint density at radius 3 is 2.67 bits per heavy atom. The molecule has 0 atom stereocenters. The van der Waals surface area contributed by atoms with Gasteiger partial charge in [-0.3, -0.25) is 0 Å². The van der Waals surface area contributed by atoms with Crippen LogP contribution in [0.1, 0.15) is 12.5 Å². The van der Waals surface area contributed by atoms with E-state index in [9.17, 15) is 4.91 Å². The van der Waals surface area contributed by atoms with Crippen molar-refractivity contribution in [2.24, 2.45) is 5.18 Å². The molecule has 3 nitrogen and oxygen atoms in total. The van der Waals surface area contributed by atoms with Crippen LogP contribution in [0.25, 0.3) is 11.1 Å². The van der Waals surface area contributed by atoms with Crippen LogP contribution in [0.15, 0.2) is 47.6 Å². The van der Waals surface area contributed by atoms with Crippen molar-refractivity contribution in [1.82, 2.24) is 0 Å². The molecule has 0 bridgehead atoms. The Balaban J connectivity index is 2.51. The number of rotatable bonds is 4. The predicted molar refractivity (Wildman–Crippen MR) is 76.2 cm³/mol. The maximum absolute atomic E-state index is 10.8. The quantitative estimate of drug-likeness (QED) is 0.800. The first kappa shape index (κ1) is 12.3. The summed E-state index contributed by atoms with van der Waals surface area (Å²) in [6.45, 7) is 4.81. The molecule has 0 saturated heterocycles. The van der Waals surface area contributed by atoms with Crippen molar-refractivity contribution in [3.63, 3.8) is 0 Å². The highest BCUT2D eigenvalue weighted by molar-refractivity contribution is 5.79. The molecule has 0 radical (unpaired) electrons. The van der Waals surface area contributed by atoms with Gasteiger partial charge in [-0.05, 0) is 42.3 Å². The van der Waals surface area contributed by atoms with Gasteiger partial charge in [0.05, 0.1) is 0 Å². The van der Waals surface area contributed by atoms with Crippen molar-refractivity contribution < 1.29 is 0 Å². The Labute approximate surface area is 107 Å². The topological polar surface area (TPSA) is 41.5 Å². The van der Waals surface area contributed by atoms with Crippen LogP contribution >= 0.6 is 0 Å². The molecule has 0 aliphatic carbocycles. The monoisotopic (exact) mass is 240 g/mol. The zero-order valence-corrected chi connectivity index (χ0v) is 10.6. The summed E-state index contributed by atoms with van der Waals surface area (Å²) in [5, 5.41) is 6.38. The molecule has 92 valence electrons. The van der Waals surface area contributed by atoms with Crippen LogP contribution in [-0.4, -0.2) is 6.54 Å². The fourth-order valence-electron chi connectivity index (χ4n) is 1.95. The van der Waals surface area contributed by atoms with Crippen LogP contribution in [0, 0.1) is 11.8 Å². The zero-order valence-electron chi connectivity index (χ0n) is 10.6. The Kier molecular flexibility index (Phi) is 3.72. The summed E-state index contributed by atoms with van der Waals surface area (Å²) in [6.07, 6.45) is 0. The number of anilines is 1. The van der Waals surface area contributed by atoms with Crippen LogP contribution in [0.5, 0.6) is 0 Å². The SMILES string of the molecule is CCNc1ccccc1-c1ccc(C)c(N=O)c1. The second-order valence-corrected chi connectivity index (χ2v) is 4.17. The number of aryl methyl sites for hydroxylation is 1. The van der Waals surface area contributed by atoms with E-state index in [2.05, 4.69) is 17.4 Å². The van der Waals surface area contributed by atoms with Crippen LogP contribution < -0.4 is 5.32 Å². The van der Waals surface area contributed by atoms with Gasteiger partial charge in [-0.1, -0.05) is 30.3 Å². The summed E-state index contributed by atoms with van der Waals surface area (Å²) in [6, 6.07) is 13.8. The molecule has 0 saturated carbocycles. The Morgan fingerprint density at radius 2 is 1.94 bits per heavy atom. The minimum atomic E-state index is 0.499. The van der Waals surface area contributed by atoms with Gasteiger partial charge in [0.25, 0.3) is 0 Å². The van der Waals surface area contributed by atoms with Crippen molar-refractivity contribution in [1.29, 1.82) is 0 Å². The Hall–Kier alpha value is -2.16. The van der Waals surface area contributed by atoms with Crippen LogP contribution in [0.3, 0.4) is 0 Å². The molecular formula is C15H16N2O. The number of benzene rings is 2. The van der Waals surface area contributed by atoms with E-state index in [1.54, 1.807) is 0 Å². The number of nitroso groups, excluding NO2 is 1. The molecule has 0 unspecified atom stereocenters. The number of hydrogen-bond acceptors (Lipinski definition) is 3. The molecule has 0 aromatic heterocycles. The molecule has 0 spiro atoms. The van der Waals surface area contributed by atoms with Crippen molar-refractivity contribution in [3.05, 3.63) is 52.9 Å². The minimum absolute atomic E-state index is 0.499. The highest BCUT2D eigenvalue weighted by Crippen LogP contribution is 2.31. The van der Waals surface area contributed by atoms with E-state index < -0.39 is 0 Å². The molecule has 2 rings (SSSR count). The molecule has 3 heteroatoms. The van der Waals surface area contributed by atoms with E-state index in [-0.39, 0.29) is 0 Å². The van der Waals surface area contributed by atoms with Crippen molar-refractivity contribution in [2.45, 2.75) is 13.8 Å². The lowest BCUT2D eigenvalue weighted by Gasteiger charge is -2.11. The van der Waals surface area contributed by atoms with Crippen LogP contribution in [0.4, 0.5) is 11.4 Å². The average molecular weight is 240 g/mol. The molecule has 0 aliphatic rings. The van der Waals surface area contributed by atoms with E-state index >= 15 is 0 Å². The molecule has 0 heterocycles. The van der Waals surface area contributed by atoms with Crippen molar-refractivity contribution >= 4 is 11.4 Å². The normalized spacial score (nSPS) is 10.1. The first-order valence-corrected chi connectivity index (χ1v) is 6.03. The van der Waals surface area contributed by atoms with Crippen molar-refractivity contribution in [2.75, 3.05) is 11.9 Å². The molecule has 2 aromatic carbocycles. The highest BCUT2D eigenvalue weighted by Gasteiger charge is 2.06. The van der Waals surface area contributed by atoms with Gasteiger partial charge < -0.3 is 5.32 Å². The fourth-order valence-corrected chi connectivity index (χ4v) is 1.95. The predicted octanol–water partition coefficient (Wildman–Crippen LogP) is 4.49. The summed E-state index contributed by atoms with van der Waals surface area (Å²) >= 11 is 0. The summed E-state index contributed by atoms with van der Waals surface area (Å²) in [4.78, 5) is 10.8. The molecule has 18 heavy (non-hydrogen) atoms. The lowest BCUT2D eigenvalue weighted by atomic mass is 10.0. The van der Waals surface area contributed by atoms with Gasteiger partial charge in [0.1, 0.15) is 5.69 Å². The van der Waals surface area contributed by atoms with Gasteiger partial charge in [-0.25, -0.2) is 0 Å². The molecule has 0 aliphatic heterocycles. The minimum Gasteiger partial charge on any atom is -0.385 e. The maximum Gasteiger partial charge on any atom is 0.111 e. The highest BCUT2D eigenvalue weighted by atomic mass is 16.3. The van der Waals surface area contributed by atoms with Gasteiger partial charge in [-0.2, -0.15) is 0 Å². The first-order valence-electron chi connectivity index (χ1n) is 6.03. The third-order valence-electron chi connectivity index (χ3n) is 2.91. The van der Waals surface area contributed by atoms with Crippen LogP contribution in [0.2, 0.25) is 0 Å². The molecule has 0 amide bonds. The number of para-hydroxylation sites is 1. The number of hydrogen-bond donors (Lipinski definition) is 1. The lowest BCUT2D eigenvalue weighted by Crippen LogP contribution is -1.98. The summed E-state index contributed by atoms with van der Waals surface area (Å²) in [7, 11) is 0. The van der Waals surface area contributed by atoms with E-state index in [4.69, 9.17) is 0 Å². The third-order valence-corrected chi connectivity index (χ3v) is 2.91. The largest absolute Gasteiger partial charge is 0.385 e. The van der Waals surface area contributed by atoms with E-state index in [1.807, 2.05) is 49.4 Å². The summed E-state index contributed by atoms with van der Waals surface area (Å²) in [5.41, 5.74) is 4.56. The fraction of sp³-hybridized carbons (Fsp3) is 0.200. The van der Waals surface area contributed by atoms with Gasteiger partial charge in [0.15, 0.2) is 0 Å². The molecule has 1 N–H and O–H groups in total. The smallest absolute Gasteiger partial charge is 0.111 e. The second-order valence-electron chi connectivity index (χ2n) is 4.17. The molecule has 0 fully saturated rings. The van der Waals surface area contributed by atoms with Gasteiger partial charge in [-0.15, -0.1) is 4.91 Å². The average Bonchev–Trinajstić information content (AvgIpc) is 2.40. The summed E-state index contributed by atoms with van der Waals surface area (Å²) < 4.78 is 0. The van der Waals surface area contributed by atoms with Crippen LogP contribution in [-0.2, 0) is 0 Å². The lowest BCUT2D eigenvalue weighted by molar-refractivity contribution is 1.21. The standard InChI is InChI=1S/C15H16N2O/c1-3-16-14-7-5-4-6-13(14)12-9-8-11(2)15(10-12)17-18/h4-10,16H,3H2,1-2H3. The van der Waals surface area contributed by atoms with Gasteiger partial charge >= 0.3 is 0 Å². The van der Waals surface area contributed by atoms with E-state index in [0.717, 1.165) is 28.9 Å². The van der Waals surface area contributed by atoms with Crippen molar-refractivity contribution in [3.8, 4) is 11.1 Å².